The van der Waals surface area contributed by atoms with Gasteiger partial charge in [0.2, 0.25) is 0 Å². The van der Waals surface area contributed by atoms with Gasteiger partial charge in [0, 0.05) is 45.3 Å². The van der Waals surface area contributed by atoms with E-state index < -0.39 is 0 Å². The van der Waals surface area contributed by atoms with Crippen LogP contribution in [0.1, 0.15) is 37.8 Å². The van der Waals surface area contributed by atoms with E-state index in [1.165, 1.54) is 44.2 Å². The monoisotopic (exact) mass is 809 g/mol. The molecule has 3 nitrogen and oxygen atoms in total. The highest BCUT2D eigenvalue weighted by Crippen LogP contribution is 2.52. The third-order valence-electron chi connectivity index (χ3n) is 13.0. The van der Waals surface area contributed by atoms with Crippen LogP contribution in [0.4, 0.5) is 34.3 Å². The third kappa shape index (κ3) is 7.02. The Bertz CT molecular complexity index is 3160. The SMILES string of the molecule is CC1(C)C2=C(C=CCC2)c2ccc(N(c3ccc(-c4ccc(N(c5ccc(-c6ccccc6)cc5)c5cccc(-c6ccccc6)c5)nc4)cc3)c3cccc4ccccc34)cc21. The lowest BCUT2D eigenvalue weighted by Crippen LogP contribution is -2.19. The number of fused-ring (bicyclic) bond motifs is 3. The molecule has 0 aliphatic heterocycles. The first-order valence-electron chi connectivity index (χ1n) is 22.0. The van der Waals surface area contributed by atoms with E-state index in [0.29, 0.717) is 0 Å². The highest BCUT2D eigenvalue weighted by atomic mass is 15.2. The Kier molecular flexibility index (Phi) is 9.66. The van der Waals surface area contributed by atoms with E-state index in [1.807, 2.05) is 6.20 Å². The summed E-state index contributed by atoms with van der Waals surface area (Å²) in [6.07, 6.45) is 8.91. The minimum absolute atomic E-state index is 0.0230. The second-order valence-electron chi connectivity index (χ2n) is 17.1. The first-order chi connectivity index (χ1) is 31.0. The molecule has 2 aliphatic rings. The fourth-order valence-electron chi connectivity index (χ4n) is 9.78. The van der Waals surface area contributed by atoms with Gasteiger partial charge in [-0.25, -0.2) is 4.98 Å². The zero-order valence-electron chi connectivity index (χ0n) is 35.6. The van der Waals surface area contributed by atoms with Crippen LogP contribution in [0.25, 0.3) is 49.7 Å². The number of rotatable bonds is 9. The first-order valence-corrected chi connectivity index (χ1v) is 22.0. The van der Waals surface area contributed by atoms with E-state index >= 15 is 0 Å². The molecule has 0 saturated carbocycles. The molecular weight excluding hydrogens is 763 g/mol. The third-order valence-corrected chi connectivity index (χ3v) is 13.0. The van der Waals surface area contributed by atoms with Crippen molar-refractivity contribution in [1.29, 1.82) is 0 Å². The molecule has 0 spiro atoms. The highest BCUT2D eigenvalue weighted by Gasteiger charge is 2.37. The van der Waals surface area contributed by atoms with Crippen molar-refractivity contribution in [2.24, 2.45) is 0 Å². The largest absolute Gasteiger partial charge is 0.310 e. The molecule has 9 aromatic rings. The van der Waals surface area contributed by atoms with Crippen molar-refractivity contribution in [1.82, 2.24) is 4.98 Å². The Hall–Kier alpha value is -7.75. The molecule has 11 rings (SSSR count). The Morgan fingerprint density at radius 2 is 1.03 bits per heavy atom. The van der Waals surface area contributed by atoms with Gasteiger partial charge in [-0.15, -0.1) is 0 Å². The average Bonchev–Trinajstić information content (AvgIpc) is 3.58. The fraction of sp³-hybridized carbons (Fsp3) is 0.0833. The summed E-state index contributed by atoms with van der Waals surface area (Å²) in [5.41, 5.74) is 18.1. The Labute approximate surface area is 370 Å². The summed E-state index contributed by atoms with van der Waals surface area (Å²) in [4.78, 5) is 9.84. The smallest absolute Gasteiger partial charge is 0.137 e. The van der Waals surface area contributed by atoms with Crippen molar-refractivity contribution in [3.8, 4) is 33.4 Å². The summed E-state index contributed by atoms with van der Waals surface area (Å²) in [6.45, 7) is 4.80. The number of hydrogen-bond donors (Lipinski definition) is 0. The molecule has 0 bridgehead atoms. The van der Waals surface area contributed by atoms with E-state index in [4.69, 9.17) is 4.98 Å². The van der Waals surface area contributed by atoms with Crippen LogP contribution >= 0.6 is 0 Å². The molecule has 0 amide bonds. The molecule has 3 heteroatoms. The second-order valence-corrected chi connectivity index (χ2v) is 17.1. The van der Waals surface area contributed by atoms with Crippen LogP contribution in [-0.2, 0) is 5.41 Å². The number of allylic oxidation sites excluding steroid dienone is 4. The van der Waals surface area contributed by atoms with Gasteiger partial charge in [-0.3, -0.25) is 4.90 Å². The van der Waals surface area contributed by atoms with Crippen LogP contribution in [0.5, 0.6) is 0 Å². The van der Waals surface area contributed by atoms with Gasteiger partial charge in [-0.2, -0.15) is 0 Å². The van der Waals surface area contributed by atoms with E-state index in [0.717, 1.165) is 63.8 Å². The van der Waals surface area contributed by atoms with Gasteiger partial charge in [0.1, 0.15) is 5.82 Å². The van der Waals surface area contributed by atoms with E-state index in [9.17, 15) is 0 Å². The predicted molar refractivity (Wildman–Crippen MR) is 266 cm³/mol. The van der Waals surface area contributed by atoms with Crippen molar-refractivity contribution >= 4 is 50.6 Å². The standard InChI is InChI=1S/C60H47N3/c1-60(2)56-25-12-11-24-54(56)55-37-36-52(40-57(55)60)62(58-26-14-20-46-19-9-10-23-53(46)58)49-32-29-45(30-33-49)48-31-38-59(61-41-48)63(50-34-27-44(28-35-50)42-15-5-3-6-16-42)51-22-13-21-47(39-51)43-17-7-4-8-18-43/h3-11,13-24,26-41H,12,25H2,1-2H3. The van der Waals surface area contributed by atoms with Crippen molar-refractivity contribution in [3.63, 3.8) is 0 Å². The number of benzene rings is 8. The molecule has 63 heavy (non-hydrogen) atoms. The molecule has 2 aliphatic carbocycles. The summed E-state index contributed by atoms with van der Waals surface area (Å²) in [7, 11) is 0. The van der Waals surface area contributed by atoms with Crippen molar-refractivity contribution in [3.05, 3.63) is 241 Å². The zero-order chi connectivity index (χ0) is 42.3. The minimum Gasteiger partial charge on any atom is -0.310 e. The second kappa shape index (κ2) is 15.9. The molecule has 0 N–H and O–H groups in total. The van der Waals surface area contributed by atoms with Crippen LogP contribution in [-0.4, -0.2) is 4.98 Å². The quantitative estimate of drug-likeness (QED) is 0.145. The summed E-state index contributed by atoms with van der Waals surface area (Å²) in [5.74, 6) is 0.848. The Balaban J connectivity index is 0.952. The molecule has 302 valence electrons. The summed E-state index contributed by atoms with van der Waals surface area (Å²) >= 11 is 0. The number of pyridine rings is 1. The predicted octanol–water partition coefficient (Wildman–Crippen LogP) is 16.6. The maximum atomic E-state index is 5.16. The van der Waals surface area contributed by atoms with Gasteiger partial charge in [-0.1, -0.05) is 171 Å². The lowest BCUT2D eigenvalue weighted by molar-refractivity contribution is 0.607. The van der Waals surface area contributed by atoms with E-state index in [2.05, 4.69) is 242 Å². The number of aromatic nitrogens is 1. The molecule has 0 unspecified atom stereocenters. The molecular formula is C60H47N3. The van der Waals surface area contributed by atoms with Gasteiger partial charge < -0.3 is 4.90 Å². The number of nitrogens with zero attached hydrogens (tertiary/aromatic N) is 3. The van der Waals surface area contributed by atoms with Crippen LogP contribution in [0.3, 0.4) is 0 Å². The van der Waals surface area contributed by atoms with Crippen LogP contribution in [0.2, 0.25) is 0 Å². The average molecular weight is 810 g/mol. The lowest BCUT2D eigenvalue weighted by Gasteiger charge is -2.30. The van der Waals surface area contributed by atoms with Gasteiger partial charge in [0.15, 0.2) is 0 Å². The molecule has 1 aromatic heterocycles. The lowest BCUT2D eigenvalue weighted by atomic mass is 9.78. The normalized spacial score (nSPS) is 13.7. The number of hydrogen-bond acceptors (Lipinski definition) is 3. The van der Waals surface area contributed by atoms with Crippen molar-refractivity contribution in [2.45, 2.75) is 32.1 Å². The molecule has 0 saturated heterocycles. The Morgan fingerprint density at radius 1 is 0.460 bits per heavy atom. The van der Waals surface area contributed by atoms with Crippen molar-refractivity contribution in [2.75, 3.05) is 9.80 Å². The molecule has 1 heterocycles. The zero-order valence-corrected chi connectivity index (χ0v) is 35.6. The first kappa shape index (κ1) is 38.2. The van der Waals surface area contributed by atoms with E-state index in [1.54, 1.807) is 5.57 Å². The molecule has 8 aromatic carbocycles. The summed E-state index contributed by atoms with van der Waals surface area (Å²) in [6, 6.07) is 74.3. The highest BCUT2D eigenvalue weighted by molar-refractivity contribution is 5.99. The topological polar surface area (TPSA) is 19.4 Å². The minimum atomic E-state index is -0.0230. The van der Waals surface area contributed by atoms with Gasteiger partial charge in [-0.05, 0) is 129 Å². The van der Waals surface area contributed by atoms with Crippen LogP contribution in [0.15, 0.2) is 230 Å². The fourth-order valence-corrected chi connectivity index (χ4v) is 9.78. The molecule has 0 radical (unpaired) electrons. The van der Waals surface area contributed by atoms with E-state index in [-0.39, 0.29) is 5.41 Å². The van der Waals surface area contributed by atoms with Crippen molar-refractivity contribution < 1.29 is 0 Å². The van der Waals surface area contributed by atoms with Crippen LogP contribution < -0.4 is 9.80 Å². The number of anilines is 6. The maximum absolute atomic E-state index is 5.16. The summed E-state index contributed by atoms with van der Waals surface area (Å²) < 4.78 is 0. The molecule has 0 fully saturated rings. The Morgan fingerprint density at radius 3 is 1.76 bits per heavy atom. The summed E-state index contributed by atoms with van der Waals surface area (Å²) in [5, 5.41) is 2.44. The van der Waals surface area contributed by atoms with Gasteiger partial charge >= 0.3 is 0 Å². The van der Waals surface area contributed by atoms with Gasteiger partial charge in [0.05, 0.1) is 5.69 Å². The molecule has 0 atom stereocenters. The van der Waals surface area contributed by atoms with Crippen LogP contribution in [0, 0.1) is 0 Å². The van der Waals surface area contributed by atoms with Gasteiger partial charge in [0.25, 0.3) is 0 Å². The maximum Gasteiger partial charge on any atom is 0.137 e.